The second-order valence-electron chi connectivity index (χ2n) is 9.17. The Kier molecular flexibility index (Phi) is 6.00. The second-order valence-corrected chi connectivity index (χ2v) is 9.17. The van der Waals surface area contributed by atoms with Gasteiger partial charge in [-0.3, -0.25) is 14.4 Å². The van der Waals surface area contributed by atoms with Crippen LogP contribution in [0.1, 0.15) is 43.0 Å². The molecule has 1 fully saturated rings. The predicted octanol–water partition coefficient (Wildman–Crippen LogP) is 2.51. The molecule has 2 aliphatic rings. The van der Waals surface area contributed by atoms with Crippen molar-refractivity contribution < 1.29 is 18.8 Å². The van der Waals surface area contributed by atoms with Crippen LogP contribution < -0.4 is 11.1 Å². The SMILES string of the molecule is CC(C)C[C@@H]1C(=O)NC(C2Cc3ccccc3C2)C(=O)N1[C@@H](C(N)=O)c1ccc(F)cc1. The van der Waals surface area contributed by atoms with Gasteiger partial charge in [-0.15, -0.1) is 0 Å². The summed E-state index contributed by atoms with van der Waals surface area (Å²) < 4.78 is 13.5. The van der Waals surface area contributed by atoms with Crippen LogP contribution in [0.15, 0.2) is 48.5 Å². The summed E-state index contributed by atoms with van der Waals surface area (Å²) >= 11 is 0. The highest BCUT2D eigenvalue weighted by atomic mass is 19.1. The van der Waals surface area contributed by atoms with Crippen molar-refractivity contribution in [2.75, 3.05) is 0 Å². The first-order chi connectivity index (χ1) is 15.3. The first-order valence-corrected chi connectivity index (χ1v) is 11.0. The van der Waals surface area contributed by atoms with E-state index in [0.29, 0.717) is 24.8 Å². The molecular formula is C25H28FN3O3. The van der Waals surface area contributed by atoms with E-state index >= 15 is 0 Å². The molecule has 1 aliphatic carbocycles. The predicted molar refractivity (Wildman–Crippen MR) is 118 cm³/mol. The number of benzene rings is 2. The summed E-state index contributed by atoms with van der Waals surface area (Å²) in [6, 6.07) is 10.6. The average molecular weight is 438 g/mol. The minimum atomic E-state index is -1.15. The van der Waals surface area contributed by atoms with Crippen molar-refractivity contribution >= 4 is 17.7 Å². The Hall–Kier alpha value is -3.22. The topological polar surface area (TPSA) is 92.5 Å². The van der Waals surface area contributed by atoms with Gasteiger partial charge in [0.2, 0.25) is 17.7 Å². The lowest BCUT2D eigenvalue weighted by atomic mass is 9.88. The number of hydrogen-bond donors (Lipinski definition) is 2. The van der Waals surface area contributed by atoms with Gasteiger partial charge in [0, 0.05) is 0 Å². The van der Waals surface area contributed by atoms with Gasteiger partial charge in [0.25, 0.3) is 0 Å². The summed E-state index contributed by atoms with van der Waals surface area (Å²) in [5.74, 6) is -1.81. The molecule has 2 aromatic rings. The summed E-state index contributed by atoms with van der Waals surface area (Å²) in [5, 5.41) is 2.94. The molecule has 3 atom stereocenters. The molecule has 1 saturated heterocycles. The van der Waals surface area contributed by atoms with Crippen LogP contribution in [0.2, 0.25) is 0 Å². The number of nitrogens with one attached hydrogen (secondary N) is 1. The highest BCUT2D eigenvalue weighted by molar-refractivity contribution is 6.00. The van der Waals surface area contributed by atoms with Crippen molar-refractivity contribution in [3.63, 3.8) is 0 Å². The number of nitrogens with zero attached hydrogens (tertiary/aromatic N) is 1. The van der Waals surface area contributed by atoms with Crippen LogP contribution >= 0.6 is 0 Å². The Labute approximate surface area is 187 Å². The molecule has 32 heavy (non-hydrogen) atoms. The maximum Gasteiger partial charge on any atom is 0.247 e. The molecule has 0 aromatic heterocycles. The lowest BCUT2D eigenvalue weighted by Gasteiger charge is -2.44. The van der Waals surface area contributed by atoms with Crippen LogP contribution in [0.3, 0.4) is 0 Å². The normalized spacial score (nSPS) is 22.1. The number of piperazine rings is 1. The Morgan fingerprint density at radius 1 is 1.09 bits per heavy atom. The molecule has 4 rings (SSSR count). The summed E-state index contributed by atoms with van der Waals surface area (Å²) in [7, 11) is 0. The van der Waals surface area contributed by atoms with Gasteiger partial charge in [-0.25, -0.2) is 4.39 Å². The van der Waals surface area contributed by atoms with Gasteiger partial charge in [0.05, 0.1) is 0 Å². The van der Waals surface area contributed by atoms with Crippen LogP contribution in [0.25, 0.3) is 0 Å². The van der Waals surface area contributed by atoms with Gasteiger partial charge < -0.3 is 16.0 Å². The minimum Gasteiger partial charge on any atom is -0.368 e. The number of carbonyl (C=O) groups is 3. The Bertz CT molecular complexity index is 1010. The van der Waals surface area contributed by atoms with Gasteiger partial charge in [0.1, 0.15) is 23.9 Å². The number of hydrogen-bond acceptors (Lipinski definition) is 3. The third-order valence-electron chi connectivity index (χ3n) is 6.44. The van der Waals surface area contributed by atoms with Crippen molar-refractivity contribution in [3.8, 4) is 0 Å². The van der Waals surface area contributed by atoms with E-state index in [0.717, 1.165) is 0 Å². The number of primary amides is 1. The summed E-state index contributed by atoms with van der Waals surface area (Å²) in [6.07, 6.45) is 1.74. The van der Waals surface area contributed by atoms with Gasteiger partial charge in [-0.1, -0.05) is 50.2 Å². The Balaban J connectivity index is 1.71. The van der Waals surface area contributed by atoms with E-state index in [-0.39, 0.29) is 23.7 Å². The molecule has 0 bridgehead atoms. The van der Waals surface area contributed by atoms with Crippen molar-refractivity contribution in [1.82, 2.24) is 10.2 Å². The van der Waals surface area contributed by atoms with E-state index in [1.54, 1.807) is 0 Å². The van der Waals surface area contributed by atoms with Crippen LogP contribution in [0, 0.1) is 17.7 Å². The van der Waals surface area contributed by atoms with Crippen LogP contribution in [-0.2, 0) is 27.2 Å². The van der Waals surface area contributed by atoms with E-state index in [9.17, 15) is 18.8 Å². The quantitative estimate of drug-likeness (QED) is 0.727. The molecule has 3 amide bonds. The zero-order chi connectivity index (χ0) is 23.0. The summed E-state index contributed by atoms with van der Waals surface area (Å²) in [4.78, 5) is 41.0. The largest absolute Gasteiger partial charge is 0.368 e. The number of halogens is 1. The number of amides is 3. The zero-order valence-corrected chi connectivity index (χ0v) is 18.3. The van der Waals surface area contributed by atoms with E-state index < -0.39 is 29.8 Å². The number of carbonyl (C=O) groups excluding carboxylic acids is 3. The van der Waals surface area contributed by atoms with Crippen LogP contribution in [0.4, 0.5) is 4.39 Å². The molecule has 0 saturated carbocycles. The van der Waals surface area contributed by atoms with Crippen molar-refractivity contribution in [2.45, 2.75) is 51.2 Å². The Morgan fingerprint density at radius 3 is 2.22 bits per heavy atom. The maximum absolute atomic E-state index is 13.8. The smallest absolute Gasteiger partial charge is 0.247 e. The standard InChI is InChI=1S/C25H28FN3O3/c1-14(2)11-20-24(31)28-21(18-12-16-5-3-4-6-17(16)13-18)25(32)29(20)22(23(27)30)15-7-9-19(26)10-8-15/h3-10,14,18,20-22H,11-13H2,1-2H3,(H2,27,30)(H,28,31)/t20-,21?,22-/m1/s1. The Morgan fingerprint density at radius 2 is 1.69 bits per heavy atom. The summed E-state index contributed by atoms with van der Waals surface area (Å²) in [6.45, 7) is 3.90. The fourth-order valence-electron chi connectivity index (χ4n) is 4.98. The number of rotatable bonds is 6. The summed E-state index contributed by atoms with van der Waals surface area (Å²) in [5.41, 5.74) is 8.47. The molecule has 7 heteroatoms. The van der Waals surface area contributed by atoms with E-state index in [2.05, 4.69) is 5.32 Å². The molecule has 6 nitrogen and oxygen atoms in total. The molecule has 0 spiro atoms. The molecule has 0 radical (unpaired) electrons. The van der Waals surface area contributed by atoms with E-state index in [1.807, 2.05) is 38.1 Å². The fourth-order valence-corrected chi connectivity index (χ4v) is 4.98. The van der Waals surface area contributed by atoms with E-state index in [4.69, 9.17) is 5.73 Å². The zero-order valence-electron chi connectivity index (χ0n) is 18.3. The fraction of sp³-hybridized carbons (Fsp3) is 0.400. The van der Waals surface area contributed by atoms with Crippen LogP contribution in [-0.4, -0.2) is 34.7 Å². The molecule has 1 heterocycles. The van der Waals surface area contributed by atoms with Crippen molar-refractivity contribution in [3.05, 3.63) is 71.0 Å². The third-order valence-corrected chi connectivity index (χ3v) is 6.44. The van der Waals surface area contributed by atoms with Crippen molar-refractivity contribution in [2.24, 2.45) is 17.6 Å². The van der Waals surface area contributed by atoms with Gasteiger partial charge in [-0.2, -0.15) is 0 Å². The number of fused-ring (bicyclic) bond motifs is 1. The first-order valence-electron chi connectivity index (χ1n) is 11.0. The highest BCUT2D eigenvalue weighted by Crippen LogP contribution is 2.35. The minimum absolute atomic E-state index is 0.104. The van der Waals surface area contributed by atoms with Gasteiger partial charge in [0.15, 0.2) is 0 Å². The number of nitrogens with two attached hydrogens (primary N) is 1. The monoisotopic (exact) mass is 437 g/mol. The first kappa shape index (κ1) is 22.0. The lowest BCUT2D eigenvalue weighted by molar-refractivity contribution is -0.157. The third kappa shape index (κ3) is 4.11. The average Bonchev–Trinajstić information content (AvgIpc) is 3.17. The molecule has 1 aliphatic heterocycles. The molecule has 1 unspecified atom stereocenters. The molecule has 168 valence electrons. The highest BCUT2D eigenvalue weighted by Gasteiger charge is 2.49. The van der Waals surface area contributed by atoms with Crippen LogP contribution in [0.5, 0.6) is 0 Å². The van der Waals surface area contributed by atoms with Gasteiger partial charge >= 0.3 is 0 Å². The van der Waals surface area contributed by atoms with Crippen molar-refractivity contribution in [1.29, 1.82) is 0 Å². The second kappa shape index (κ2) is 8.73. The molecule has 2 aromatic carbocycles. The maximum atomic E-state index is 13.8. The lowest BCUT2D eigenvalue weighted by Crippen LogP contribution is -2.67. The molecule has 3 N–H and O–H groups in total. The van der Waals surface area contributed by atoms with Gasteiger partial charge in [-0.05, 0) is 59.9 Å². The van der Waals surface area contributed by atoms with E-state index in [1.165, 1.54) is 40.3 Å². The molecular weight excluding hydrogens is 409 g/mol.